The molecule has 8 heteroatoms. The molecule has 1 amide bonds. The molecule has 0 aliphatic rings. The number of nitrogens with one attached hydrogen (secondary N) is 1. The van der Waals surface area contributed by atoms with Crippen molar-refractivity contribution in [3.05, 3.63) is 59.5 Å². The summed E-state index contributed by atoms with van der Waals surface area (Å²) in [4.78, 5) is 16.8. The van der Waals surface area contributed by atoms with Crippen molar-refractivity contribution in [1.29, 1.82) is 0 Å². The maximum Gasteiger partial charge on any atom is 0.422 e. The van der Waals surface area contributed by atoms with Crippen LogP contribution in [0.15, 0.2) is 42.6 Å². The van der Waals surface area contributed by atoms with E-state index in [1.165, 1.54) is 18.3 Å². The zero-order valence-corrected chi connectivity index (χ0v) is 15.7. The average Bonchev–Trinajstić information content (AvgIpc) is 2.95. The molecule has 5 nitrogen and oxygen atoms in total. The van der Waals surface area contributed by atoms with Gasteiger partial charge in [-0.25, -0.2) is 0 Å². The van der Waals surface area contributed by atoms with Crippen molar-refractivity contribution in [2.45, 2.75) is 26.1 Å². The van der Waals surface area contributed by atoms with Gasteiger partial charge in [-0.05, 0) is 44.2 Å². The summed E-state index contributed by atoms with van der Waals surface area (Å²) < 4.78 is 43.0. The number of pyridine rings is 1. The van der Waals surface area contributed by atoms with Crippen molar-refractivity contribution >= 4 is 16.8 Å². The number of aromatic nitrogens is 2. The van der Waals surface area contributed by atoms with Gasteiger partial charge >= 0.3 is 6.18 Å². The van der Waals surface area contributed by atoms with Crippen molar-refractivity contribution in [3.8, 4) is 5.75 Å². The topological polar surface area (TPSA) is 56.1 Å². The van der Waals surface area contributed by atoms with Crippen molar-refractivity contribution in [2.24, 2.45) is 7.05 Å². The van der Waals surface area contributed by atoms with Crippen molar-refractivity contribution in [1.82, 2.24) is 14.9 Å². The Morgan fingerprint density at radius 1 is 1.25 bits per heavy atom. The van der Waals surface area contributed by atoms with Crippen LogP contribution in [-0.2, 0) is 7.05 Å². The summed E-state index contributed by atoms with van der Waals surface area (Å²) in [6.07, 6.45) is -3.19. The van der Waals surface area contributed by atoms with E-state index in [4.69, 9.17) is 0 Å². The predicted octanol–water partition coefficient (Wildman–Crippen LogP) is 4.31. The summed E-state index contributed by atoms with van der Waals surface area (Å²) in [5.74, 6) is -0.244. The number of benzene rings is 1. The number of carbonyl (C=O) groups is 1. The smallest absolute Gasteiger partial charge is 0.422 e. The van der Waals surface area contributed by atoms with Gasteiger partial charge in [0.2, 0.25) is 0 Å². The number of nitrogens with zero attached hydrogens (tertiary/aromatic N) is 2. The third kappa shape index (κ3) is 4.44. The quantitative estimate of drug-likeness (QED) is 0.705. The number of amides is 1. The number of rotatable bonds is 5. The average molecular weight is 391 g/mol. The third-order valence-corrected chi connectivity index (χ3v) is 4.38. The lowest BCUT2D eigenvalue weighted by atomic mass is 10.2. The molecular weight excluding hydrogens is 371 g/mol. The molecule has 1 unspecified atom stereocenters. The van der Waals surface area contributed by atoms with Crippen LogP contribution in [0.2, 0.25) is 0 Å². The van der Waals surface area contributed by atoms with Crippen LogP contribution in [0.1, 0.15) is 34.7 Å². The Hall–Kier alpha value is -3.03. The van der Waals surface area contributed by atoms with Gasteiger partial charge in [0.1, 0.15) is 11.4 Å². The number of hydrogen-bond donors (Lipinski definition) is 1. The molecule has 148 valence electrons. The molecule has 2 aromatic heterocycles. The first-order chi connectivity index (χ1) is 13.1. The number of hydrogen-bond acceptors (Lipinski definition) is 3. The van der Waals surface area contributed by atoms with E-state index in [0.29, 0.717) is 11.4 Å². The largest absolute Gasteiger partial charge is 0.483 e. The van der Waals surface area contributed by atoms with Gasteiger partial charge in [-0.3, -0.25) is 9.78 Å². The van der Waals surface area contributed by atoms with E-state index in [1.54, 1.807) is 6.92 Å². The number of fused-ring (bicyclic) bond motifs is 1. The molecule has 2 heterocycles. The molecule has 0 saturated carbocycles. The van der Waals surface area contributed by atoms with Gasteiger partial charge in [-0.1, -0.05) is 11.6 Å². The van der Waals surface area contributed by atoms with Crippen LogP contribution in [-0.4, -0.2) is 28.2 Å². The molecule has 1 atom stereocenters. The van der Waals surface area contributed by atoms with E-state index < -0.39 is 18.8 Å². The molecule has 0 aliphatic heterocycles. The number of halogens is 3. The van der Waals surface area contributed by atoms with Crippen LogP contribution in [0.4, 0.5) is 13.2 Å². The van der Waals surface area contributed by atoms with Crippen LogP contribution in [0.25, 0.3) is 10.9 Å². The second-order valence-electron chi connectivity index (χ2n) is 6.67. The van der Waals surface area contributed by atoms with E-state index in [0.717, 1.165) is 16.5 Å². The molecular formula is C20H20F3N3O2. The molecule has 0 saturated heterocycles. The lowest BCUT2D eigenvalue weighted by molar-refractivity contribution is -0.153. The fourth-order valence-electron chi connectivity index (χ4n) is 2.93. The summed E-state index contributed by atoms with van der Waals surface area (Å²) in [6.45, 7) is 2.37. The van der Waals surface area contributed by atoms with Crippen LogP contribution >= 0.6 is 0 Å². The molecule has 1 aromatic carbocycles. The summed E-state index contributed by atoms with van der Waals surface area (Å²) >= 11 is 0. The summed E-state index contributed by atoms with van der Waals surface area (Å²) in [5.41, 5.74) is 3.09. The van der Waals surface area contributed by atoms with E-state index in [-0.39, 0.29) is 11.7 Å². The SMILES string of the molecule is Cc1ccc2c(c1)cc(C(=O)NC(C)c1ccc(OCC(F)(F)F)cn1)n2C. The molecule has 3 rings (SSSR count). The van der Waals surface area contributed by atoms with Gasteiger partial charge in [0, 0.05) is 18.0 Å². The minimum atomic E-state index is -4.41. The summed E-state index contributed by atoms with van der Waals surface area (Å²) in [6, 6.07) is 10.3. The van der Waals surface area contributed by atoms with Crippen molar-refractivity contribution in [2.75, 3.05) is 6.61 Å². The van der Waals surface area contributed by atoms with Crippen LogP contribution < -0.4 is 10.1 Å². The fourth-order valence-corrected chi connectivity index (χ4v) is 2.93. The zero-order chi connectivity index (χ0) is 20.5. The molecule has 28 heavy (non-hydrogen) atoms. The Morgan fingerprint density at radius 3 is 2.64 bits per heavy atom. The molecule has 0 radical (unpaired) electrons. The minimum absolute atomic E-state index is 0.0173. The summed E-state index contributed by atoms with van der Waals surface area (Å²) in [5, 5.41) is 3.84. The number of carbonyl (C=O) groups excluding carboxylic acids is 1. The first-order valence-electron chi connectivity index (χ1n) is 8.66. The second kappa shape index (κ2) is 7.53. The lowest BCUT2D eigenvalue weighted by Crippen LogP contribution is -2.28. The summed E-state index contributed by atoms with van der Waals surface area (Å²) in [7, 11) is 1.82. The van der Waals surface area contributed by atoms with Gasteiger partial charge in [0.05, 0.1) is 17.9 Å². The standard InChI is InChI=1S/C20H20F3N3O2/c1-12-4-7-17-14(8-12)9-18(26(17)3)19(27)25-13(2)16-6-5-15(10-24-16)28-11-20(21,22)23/h4-10,13H,11H2,1-3H3,(H,25,27). The van der Waals surface area contributed by atoms with Gasteiger partial charge in [0.25, 0.3) is 5.91 Å². The van der Waals surface area contributed by atoms with Gasteiger partial charge in [-0.2, -0.15) is 13.2 Å². The Balaban J connectivity index is 1.70. The Labute approximate surface area is 160 Å². The van der Waals surface area contributed by atoms with E-state index in [9.17, 15) is 18.0 Å². The molecule has 0 bridgehead atoms. The third-order valence-electron chi connectivity index (χ3n) is 4.38. The highest BCUT2D eigenvalue weighted by Gasteiger charge is 2.28. The van der Waals surface area contributed by atoms with Crippen molar-refractivity contribution < 1.29 is 22.7 Å². The predicted molar refractivity (Wildman–Crippen MR) is 99.3 cm³/mol. The molecule has 0 spiro atoms. The molecule has 0 fully saturated rings. The van der Waals surface area contributed by atoms with E-state index >= 15 is 0 Å². The highest BCUT2D eigenvalue weighted by Crippen LogP contribution is 2.22. The zero-order valence-electron chi connectivity index (χ0n) is 15.7. The highest BCUT2D eigenvalue weighted by atomic mass is 19.4. The van der Waals surface area contributed by atoms with Crippen molar-refractivity contribution in [3.63, 3.8) is 0 Å². The maximum atomic E-state index is 12.7. The first-order valence-corrected chi connectivity index (χ1v) is 8.66. The first kappa shape index (κ1) is 19.7. The molecule has 1 N–H and O–H groups in total. The minimum Gasteiger partial charge on any atom is -0.483 e. The van der Waals surface area contributed by atoms with Crippen LogP contribution in [0.3, 0.4) is 0 Å². The highest BCUT2D eigenvalue weighted by molar-refractivity contribution is 5.99. The molecule has 3 aromatic rings. The van der Waals surface area contributed by atoms with Gasteiger partial charge < -0.3 is 14.6 Å². The Kier molecular flexibility index (Phi) is 5.31. The number of ether oxygens (including phenoxy) is 1. The van der Waals surface area contributed by atoms with Gasteiger partial charge in [0.15, 0.2) is 6.61 Å². The van der Waals surface area contributed by atoms with E-state index in [2.05, 4.69) is 15.0 Å². The lowest BCUT2D eigenvalue weighted by Gasteiger charge is -2.15. The van der Waals surface area contributed by atoms with E-state index in [1.807, 2.05) is 42.8 Å². The Bertz CT molecular complexity index is 994. The normalized spacial score (nSPS) is 12.8. The van der Waals surface area contributed by atoms with Crippen LogP contribution in [0, 0.1) is 6.92 Å². The maximum absolute atomic E-state index is 12.7. The second-order valence-corrected chi connectivity index (χ2v) is 6.67. The number of alkyl halides is 3. The monoisotopic (exact) mass is 391 g/mol. The van der Waals surface area contributed by atoms with Gasteiger partial charge in [-0.15, -0.1) is 0 Å². The Morgan fingerprint density at radius 2 is 2.00 bits per heavy atom. The molecule has 0 aliphatic carbocycles. The fraction of sp³-hybridized carbons (Fsp3) is 0.300. The number of aryl methyl sites for hydroxylation is 2. The van der Waals surface area contributed by atoms with Crippen LogP contribution in [0.5, 0.6) is 5.75 Å².